The fraction of sp³-hybridized carbons (Fsp3) is 0.647. The quantitative estimate of drug-likeness (QED) is 0.781. The van der Waals surface area contributed by atoms with Crippen LogP contribution in [0.3, 0.4) is 0 Å². The van der Waals surface area contributed by atoms with Gasteiger partial charge in [-0.1, -0.05) is 19.1 Å². The number of benzene rings is 1. The van der Waals surface area contributed by atoms with E-state index in [4.69, 9.17) is 4.74 Å². The molecule has 2 nitrogen and oxygen atoms in total. The maximum absolute atomic E-state index is 6.09. The predicted molar refractivity (Wildman–Crippen MR) is 90.8 cm³/mol. The lowest BCUT2D eigenvalue weighted by molar-refractivity contribution is -0.147. The van der Waals surface area contributed by atoms with Crippen molar-refractivity contribution in [2.75, 3.05) is 13.2 Å². The topological polar surface area (TPSA) is 21.3 Å². The average molecular weight is 385 g/mol. The van der Waals surface area contributed by atoms with Crippen LogP contribution in [0.4, 0.5) is 0 Å². The molecule has 1 aromatic carbocycles. The number of ether oxygens (including phenoxy) is 1. The molecule has 0 amide bonds. The van der Waals surface area contributed by atoms with Crippen molar-refractivity contribution in [1.29, 1.82) is 0 Å². The molecule has 0 bridgehead atoms. The van der Waals surface area contributed by atoms with Gasteiger partial charge in [0.25, 0.3) is 0 Å². The molecule has 3 rings (SSSR count). The normalized spacial score (nSPS) is 26.2. The van der Waals surface area contributed by atoms with Crippen LogP contribution in [0.1, 0.15) is 50.6 Å². The van der Waals surface area contributed by atoms with Crippen LogP contribution in [0, 0.1) is 9.49 Å². The van der Waals surface area contributed by atoms with E-state index in [0.717, 1.165) is 13.2 Å². The second-order valence-electron chi connectivity index (χ2n) is 6.23. The zero-order chi connectivity index (χ0) is 14.0. The molecule has 1 N–H and O–H groups in total. The van der Waals surface area contributed by atoms with Crippen molar-refractivity contribution < 1.29 is 4.74 Å². The fourth-order valence-electron chi connectivity index (χ4n) is 3.75. The standard InChI is InChI=1S/C17H24INO/c1-2-19-16(13-5-3-6-15(18)11-13)14-7-10-20-17(12-14)8-4-9-17/h3,5-6,11,14,16,19H,2,4,7-10,12H2,1H3. The summed E-state index contributed by atoms with van der Waals surface area (Å²) in [6, 6.07) is 9.44. The average Bonchev–Trinajstić information content (AvgIpc) is 2.43. The van der Waals surface area contributed by atoms with Crippen LogP contribution in [0.15, 0.2) is 24.3 Å². The highest BCUT2D eigenvalue weighted by molar-refractivity contribution is 14.1. The van der Waals surface area contributed by atoms with E-state index in [1.165, 1.54) is 41.2 Å². The van der Waals surface area contributed by atoms with Crippen LogP contribution in [-0.2, 0) is 4.74 Å². The maximum atomic E-state index is 6.09. The van der Waals surface area contributed by atoms with Gasteiger partial charge in [0.15, 0.2) is 0 Å². The fourth-order valence-corrected chi connectivity index (χ4v) is 4.31. The lowest BCUT2D eigenvalue weighted by atomic mass is 9.69. The highest BCUT2D eigenvalue weighted by Crippen LogP contribution is 2.47. The Labute approximate surface area is 135 Å². The molecule has 0 radical (unpaired) electrons. The summed E-state index contributed by atoms with van der Waals surface area (Å²) in [5.41, 5.74) is 1.68. The summed E-state index contributed by atoms with van der Waals surface area (Å²) in [5.74, 6) is 0.710. The summed E-state index contributed by atoms with van der Waals surface area (Å²) in [7, 11) is 0. The third kappa shape index (κ3) is 3.04. The van der Waals surface area contributed by atoms with E-state index < -0.39 is 0 Å². The summed E-state index contributed by atoms with van der Waals surface area (Å²) in [6.07, 6.45) is 6.31. The minimum absolute atomic E-state index is 0.235. The van der Waals surface area contributed by atoms with E-state index in [1.54, 1.807) is 0 Å². The Morgan fingerprint density at radius 2 is 2.30 bits per heavy atom. The van der Waals surface area contributed by atoms with Gasteiger partial charge in [0.1, 0.15) is 0 Å². The van der Waals surface area contributed by atoms with Crippen molar-refractivity contribution in [2.24, 2.45) is 5.92 Å². The van der Waals surface area contributed by atoms with Gasteiger partial charge in [-0.2, -0.15) is 0 Å². The van der Waals surface area contributed by atoms with E-state index in [-0.39, 0.29) is 5.60 Å². The minimum Gasteiger partial charge on any atom is -0.375 e. The van der Waals surface area contributed by atoms with E-state index in [0.29, 0.717) is 12.0 Å². The molecular formula is C17H24INO. The van der Waals surface area contributed by atoms with E-state index in [2.05, 4.69) is 59.1 Å². The largest absolute Gasteiger partial charge is 0.375 e. The van der Waals surface area contributed by atoms with Crippen molar-refractivity contribution in [3.05, 3.63) is 33.4 Å². The van der Waals surface area contributed by atoms with Gasteiger partial charge in [-0.05, 0) is 84.9 Å². The third-order valence-electron chi connectivity index (χ3n) is 4.90. The first-order chi connectivity index (χ1) is 9.72. The lowest BCUT2D eigenvalue weighted by Crippen LogP contribution is -2.48. The number of hydrogen-bond acceptors (Lipinski definition) is 2. The Bertz CT molecular complexity index is 458. The summed E-state index contributed by atoms with van der Waals surface area (Å²) in [4.78, 5) is 0. The zero-order valence-electron chi connectivity index (χ0n) is 12.2. The Morgan fingerprint density at radius 1 is 1.45 bits per heavy atom. The molecule has 2 fully saturated rings. The third-order valence-corrected chi connectivity index (χ3v) is 5.57. The highest BCUT2D eigenvalue weighted by atomic mass is 127. The van der Waals surface area contributed by atoms with Gasteiger partial charge >= 0.3 is 0 Å². The molecule has 2 unspecified atom stereocenters. The van der Waals surface area contributed by atoms with Crippen LogP contribution in [0.25, 0.3) is 0 Å². The molecule has 1 spiro atoms. The molecule has 3 heteroatoms. The molecule has 1 saturated heterocycles. The summed E-state index contributed by atoms with van der Waals surface area (Å²) in [5, 5.41) is 3.72. The lowest BCUT2D eigenvalue weighted by Gasteiger charge is -2.49. The van der Waals surface area contributed by atoms with Gasteiger partial charge in [0.2, 0.25) is 0 Å². The van der Waals surface area contributed by atoms with E-state index >= 15 is 0 Å². The second-order valence-corrected chi connectivity index (χ2v) is 7.47. The Morgan fingerprint density at radius 3 is 2.95 bits per heavy atom. The van der Waals surface area contributed by atoms with Crippen molar-refractivity contribution in [3.8, 4) is 0 Å². The summed E-state index contributed by atoms with van der Waals surface area (Å²) >= 11 is 2.41. The molecule has 1 heterocycles. The Balaban J connectivity index is 1.79. The van der Waals surface area contributed by atoms with Crippen LogP contribution < -0.4 is 5.32 Å². The zero-order valence-corrected chi connectivity index (χ0v) is 14.4. The van der Waals surface area contributed by atoms with Crippen molar-refractivity contribution in [3.63, 3.8) is 0 Å². The molecule has 110 valence electrons. The molecule has 1 aliphatic carbocycles. The number of hydrogen-bond donors (Lipinski definition) is 1. The number of nitrogens with one attached hydrogen (secondary N) is 1. The maximum Gasteiger partial charge on any atom is 0.0686 e. The van der Waals surface area contributed by atoms with Gasteiger partial charge < -0.3 is 10.1 Å². The van der Waals surface area contributed by atoms with Crippen LogP contribution in [0.5, 0.6) is 0 Å². The monoisotopic (exact) mass is 385 g/mol. The number of rotatable bonds is 4. The van der Waals surface area contributed by atoms with Gasteiger partial charge in [-0.3, -0.25) is 0 Å². The highest BCUT2D eigenvalue weighted by Gasteiger charge is 2.44. The van der Waals surface area contributed by atoms with Gasteiger partial charge in [-0.25, -0.2) is 0 Å². The molecule has 1 saturated carbocycles. The summed E-state index contributed by atoms with van der Waals surface area (Å²) < 4.78 is 7.42. The SMILES string of the molecule is CCNC(c1cccc(I)c1)C1CCOC2(CCC2)C1. The smallest absolute Gasteiger partial charge is 0.0686 e. The first kappa shape index (κ1) is 14.8. The van der Waals surface area contributed by atoms with E-state index in [9.17, 15) is 0 Å². The summed E-state index contributed by atoms with van der Waals surface area (Å²) in [6.45, 7) is 4.18. The minimum atomic E-state index is 0.235. The van der Waals surface area contributed by atoms with Gasteiger partial charge in [0, 0.05) is 16.2 Å². The molecule has 1 aromatic rings. The Hall–Kier alpha value is -0.130. The van der Waals surface area contributed by atoms with Crippen LogP contribution in [-0.4, -0.2) is 18.8 Å². The molecule has 2 atom stereocenters. The predicted octanol–water partition coefficient (Wildman–Crippen LogP) is 4.29. The second kappa shape index (κ2) is 6.32. The van der Waals surface area contributed by atoms with Crippen LogP contribution in [0.2, 0.25) is 0 Å². The van der Waals surface area contributed by atoms with Crippen molar-refractivity contribution >= 4 is 22.6 Å². The molecule has 2 aliphatic rings. The van der Waals surface area contributed by atoms with Gasteiger partial charge in [0.05, 0.1) is 5.60 Å². The molecule has 1 aliphatic heterocycles. The number of halogens is 1. The van der Waals surface area contributed by atoms with Crippen molar-refractivity contribution in [2.45, 2.75) is 50.7 Å². The first-order valence-corrected chi connectivity index (χ1v) is 8.93. The molecule has 0 aromatic heterocycles. The van der Waals surface area contributed by atoms with Crippen LogP contribution >= 0.6 is 22.6 Å². The van der Waals surface area contributed by atoms with Gasteiger partial charge in [-0.15, -0.1) is 0 Å². The van der Waals surface area contributed by atoms with E-state index in [1.807, 2.05) is 0 Å². The molecular weight excluding hydrogens is 361 g/mol. The van der Waals surface area contributed by atoms with Crippen molar-refractivity contribution in [1.82, 2.24) is 5.32 Å². The first-order valence-electron chi connectivity index (χ1n) is 7.85. The molecule has 20 heavy (non-hydrogen) atoms. The Kier molecular flexibility index (Phi) is 4.68.